The first kappa shape index (κ1) is 20.8. The minimum atomic E-state index is -0.814. The second-order valence-corrected chi connectivity index (χ2v) is 4.63. The van der Waals surface area contributed by atoms with E-state index in [4.69, 9.17) is 11.6 Å². The molecule has 7 N–H and O–H groups in total. The van der Waals surface area contributed by atoms with Crippen LogP contribution in [0.4, 0.5) is 0 Å². The Morgan fingerprint density at radius 2 is 1.74 bits per heavy atom. The molecule has 1 aromatic rings. The maximum absolute atomic E-state index is 11.8. The molecule has 0 radical (unpaired) electrons. The van der Waals surface area contributed by atoms with Crippen molar-refractivity contribution >= 4 is 30.1 Å². The molecule has 8 nitrogen and oxygen atoms in total. The van der Waals surface area contributed by atoms with Crippen LogP contribution in [0.2, 0.25) is 0 Å². The van der Waals surface area contributed by atoms with E-state index >= 15 is 0 Å². The van der Waals surface area contributed by atoms with Crippen molar-refractivity contribution in [2.24, 2.45) is 11.6 Å². The molecule has 1 atom stereocenters. The number of hydrogen-bond donors (Lipinski definition) is 5. The molecule has 0 saturated heterocycles. The van der Waals surface area contributed by atoms with Gasteiger partial charge < -0.3 is 16.4 Å². The van der Waals surface area contributed by atoms with Crippen LogP contribution in [0.5, 0.6) is 0 Å². The largest absolute Gasteiger partial charge is 0.347 e. The summed E-state index contributed by atoms with van der Waals surface area (Å²) in [7, 11) is 0. The van der Waals surface area contributed by atoms with Crippen LogP contribution < -0.4 is 27.6 Å². The molecule has 1 aromatic carbocycles. The van der Waals surface area contributed by atoms with Crippen LogP contribution in [0.15, 0.2) is 30.3 Å². The molecule has 128 valence electrons. The summed E-state index contributed by atoms with van der Waals surface area (Å²) in [5.74, 6) is 3.82. The maximum Gasteiger partial charge on any atom is 0.256 e. The molecule has 9 heteroatoms. The van der Waals surface area contributed by atoms with E-state index < -0.39 is 17.9 Å². The topological polar surface area (TPSA) is 139 Å². The number of hydrogen-bond acceptors (Lipinski definition) is 5. The van der Waals surface area contributed by atoms with Gasteiger partial charge in [-0.25, -0.2) is 5.84 Å². The summed E-state index contributed by atoms with van der Waals surface area (Å²) in [6, 6.07) is 8.39. The van der Waals surface area contributed by atoms with Crippen LogP contribution in [-0.2, 0) is 20.8 Å². The predicted octanol–water partition coefficient (Wildman–Crippen LogP) is -1.41. The van der Waals surface area contributed by atoms with Gasteiger partial charge in [0.05, 0.1) is 6.54 Å². The molecule has 0 saturated carbocycles. The Bertz CT molecular complexity index is 512. The van der Waals surface area contributed by atoms with Gasteiger partial charge in [-0.15, -0.1) is 12.4 Å². The quantitative estimate of drug-likeness (QED) is 0.224. The SMILES string of the molecule is Cl.NCCC(=O)NCC(=O)NC(Cc1ccccc1)C(=O)NN. The molecule has 0 aliphatic carbocycles. The molecular weight excluding hydrogens is 322 g/mol. The molecule has 0 aliphatic rings. The van der Waals surface area contributed by atoms with Crippen LogP contribution in [-0.4, -0.2) is 36.9 Å². The summed E-state index contributed by atoms with van der Waals surface area (Å²) in [4.78, 5) is 34.8. The summed E-state index contributed by atoms with van der Waals surface area (Å²) in [5.41, 5.74) is 8.13. The molecule has 0 bridgehead atoms. The van der Waals surface area contributed by atoms with Crippen molar-refractivity contribution in [1.29, 1.82) is 0 Å². The fourth-order valence-corrected chi connectivity index (χ4v) is 1.80. The molecule has 0 heterocycles. The third kappa shape index (κ3) is 8.15. The molecular formula is C14H22ClN5O3. The lowest BCUT2D eigenvalue weighted by Crippen LogP contribution is -2.52. The lowest BCUT2D eigenvalue weighted by atomic mass is 10.1. The van der Waals surface area contributed by atoms with E-state index in [9.17, 15) is 14.4 Å². The van der Waals surface area contributed by atoms with Crippen molar-refractivity contribution < 1.29 is 14.4 Å². The lowest BCUT2D eigenvalue weighted by Gasteiger charge is -2.17. The average Bonchev–Trinajstić information content (AvgIpc) is 2.53. The summed E-state index contributed by atoms with van der Waals surface area (Å²) < 4.78 is 0. The Morgan fingerprint density at radius 1 is 1.09 bits per heavy atom. The monoisotopic (exact) mass is 343 g/mol. The highest BCUT2D eigenvalue weighted by Crippen LogP contribution is 2.03. The van der Waals surface area contributed by atoms with E-state index in [1.54, 1.807) is 0 Å². The molecule has 3 amide bonds. The zero-order chi connectivity index (χ0) is 16.4. The maximum atomic E-state index is 11.8. The van der Waals surface area contributed by atoms with Gasteiger partial charge in [0.25, 0.3) is 5.91 Å². The van der Waals surface area contributed by atoms with Gasteiger partial charge in [-0.1, -0.05) is 30.3 Å². The lowest BCUT2D eigenvalue weighted by molar-refractivity contribution is -0.129. The van der Waals surface area contributed by atoms with Gasteiger partial charge in [0.1, 0.15) is 6.04 Å². The van der Waals surface area contributed by atoms with Crippen LogP contribution in [0, 0.1) is 0 Å². The standard InChI is InChI=1S/C14H21N5O3.ClH/c15-7-6-12(20)17-9-13(21)18-11(14(22)19-16)8-10-4-2-1-3-5-10;/h1-5,11H,6-9,15-16H2,(H,17,20)(H,18,21)(H,19,22);1H. The van der Waals surface area contributed by atoms with Crippen molar-refractivity contribution in [1.82, 2.24) is 16.1 Å². The fraction of sp³-hybridized carbons (Fsp3) is 0.357. The van der Waals surface area contributed by atoms with Gasteiger partial charge in [0.15, 0.2) is 0 Å². The third-order valence-electron chi connectivity index (χ3n) is 2.89. The normalized spacial score (nSPS) is 10.9. The van der Waals surface area contributed by atoms with Gasteiger partial charge >= 0.3 is 0 Å². The zero-order valence-electron chi connectivity index (χ0n) is 12.6. The summed E-state index contributed by atoms with van der Waals surface area (Å²) in [5, 5.41) is 4.95. The van der Waals surface area contributed by atoms with Gasteiger partial charge in [0, 0.05) is 19.4 Å². The number of hydrazine groups is 1. The number of carbonyl (C=O) groups is 3. The first-order valence-corrected chi connectivity index (χ1v) is 6.87. The van der Waals surface area contributed by atoms with Crippen LogP contribution in [0.3, 0.4) is 0 Å². The molecule has 1 unspecified atom stereocenters. The number of amides is 3. The Balaban J connectivity index is 0.00000484. The number of rotatable bonds is 8. The first-order valence-electron chi connectivity index (χ1n) is 6.87. The van der Waals surface area contributed by atoms with Gasteiger partial charge in [-0.3, -0.25) is 19.8 Å². The molecule has 1 rings (SSSR count). The molecule has 0 aromatic heterocycles. The fourth-order valence-electron chi connectivity index (χ4n) is 1.80. The average molecular weight is 344 g/mol. The molecule has 0 aliphatic heterocycles. The van der Waals surface area contributed by atoms with Crippen LogP contribution >= 0.6 is 12.4 Å². The smallest absolute Gasteiger partial charge is 0.256 e. The van der Waals surface area contributed by atoms with E-state index in [0.29, 0.717) is 6.42 Å². The van der Waals surface area contributed by atoms with E-state index in [1.807, 2.05) is 35.8 Å². The Morgan fingerprint density at radius 3 is 2.30 bits per heavy atom. The van der Waals surface area contributed by atoms with E-state index in [0.717, 1.165) is 5.56 Å². The Kier molecular flexibility index (Phi) is 10.3. The Labute approximate surface area is 140 Å². The summed E-state index contributed by atoms with van der Waals surface area (Å²) >= 11 is 0. The van der Waals surface area contributed by atoms with Crippen molar-refractivity contribution in [2.45, 2.75) is 18.9 Å². The number of carbonyl (C=O) groups excluding carboxylic acids is 3. The second kappa shape index (κ2) is 11.4. The minimum absolute atomic E-state index is 0. The van der Waals surface area contributed by atoms with Crippen LogP contribution in [0.25, 0.3) is 0 Å². The number of halogens is 1. The van der Waals surface area contributed by atoms with Gasteiger partial charge in [0.2, 0.25) is 11.8 Å². The van der Waals surface area contributed by atoms with Crippen molar-refractivity contribution in [3.8, 4) is 0 Å². The van der Waals surface area contributed by atoms with Crippen LogP contribution in [0.1, 0.15) is 12.0 Å². The number of benzene rings is 1. The first-order chi connectivity index (χ1) is 10.6. The molecule has 23 heavy (non-hydrogen) atoms. The van der Waals surface area contributed by atoms with E-state index in [1.165, 1.54) is 0 Å². The highest BCUT2D eigenvalue weighted by molar-refractivity contribution is 5.90. The van der Waals surface area contributed by atoms with Crippen molar-refractivity contribution in [3.63, 3.8) is 0 Å². The summed E-state index contributed by atoms with van der Waals surface area (Å²) in [6.45, 7) is -0.0123. The van der Waals surface area contributed by atoms with Crippen molar-refractivity contribution in [2.75, 3.05) is 13.1 Å². The third-order valence-corrected chi connectivity index (χ3v) is 2.89. The predicted molar refractivity (Wildman–Crippen MR) is 88.3 cm³/mol. The second-order valence-electron chi connectivity index (χ2n) is 4.63. The zero-order valence-corrected chi connectivity index (χ0v) is 13.4. The summed E-state index contributed by atoms with van der Waals surface area (Å²) in [6.07, 6.45) is 0.441. The molecule has 0 spiro atoms. The van der Waals surface area contributed by atoms with Crippen molar-refractivity contribution in [3.05, 3.63) is 35.9 Å². The van der Waals surface area contributed by atoms with Gasteiger partial charge in [-0.2, -0.15) is 0 Å². The van der Waals surface area contributed by atoms with E-state index in [-0.39, 0.29) is 37.8 Å². The Hall–Kier alpha value is -2.16. The molecule has 0 fully saturated rings. The number of nitrogens with two attached hydrogens (primary N) is 2. The number of nitrogens with one attached hydrogen (secondary N) is 3. The highest BCUT2D eigenvalue weighted by atomic mass is 35.5. The highest BCUT2D eigenvalue weighted by Gasteiger charge is 2.20. The van der Waals surface area contributed by atoms with E-state index in [2.05, 4.69) is 10.6 Å². The van der Waals surface area contributed by atoms with Gasteiger partial charge in [-0.05, 0) is 5.56 Å². The minimum Gasteiger partial charge on any atom is -0.347 e.